The summed E-state index contributed by atoms with van der Waals surface area (Å²) in [4.78, 5) is 22.8. The summed E-state index contributed by atoms with van der Waals surface area (Å²) < 4.78 is 13.0. The highest BCUT2D eigenvalue weighted by molar-refractivity contribution is 6.31. The molecule has 0 fully saturated rings. The molecule has 0 aliphatic rings. The minimum atomic E-state index is -1.12. The molecule has 0 spiro atoms. The summed E-state index contributed by atoms with van der Waals surface area (Å²) in [7, 11) is 0. The summed E-state index contributed by atoms with van der Waals surface area (Å²) >= 11 is 5.60. The number of halogens is 2. The zero-order chi connectivity index (χ0) is 15.6. The number of benzene rings is 2. The van der Waals surface area contributed by atoms with E-state index < -0.39 is 17.7 Å². The molecule has 2 rings (SSSR count). The van der Waals surface area contributed by atoms with Crippen molar-refractivity contribution in [3.63, 3.8) is 0 Å². The molecule has 2 aromatic rings. The van der Waals surface area contributed by atoms with Crippen molar-refractivity contribution in [3.05, 3.63) is 58.4 Å². The molecule has 5 nitrogen and oxygen atoms in total. The molecule has 0 saturated carbocycles. The lowest BCUT2D eigenvalue weighted by molar-refractivity contribution is 0.0697. The third kappa shape index (κ3) is 3.29. The maximum absolute atomic E-state index is 13.0. The summed E-state index contributed by atoms with van der Waals surface area (Å²) in [6.07, 6.45) is 0. The van der Waals surface area contributed by atoms with Gasteiger partial charge < -0.3 is 16.2 Å². The molecule has 7 heteroatoms. The van der Waals surface area contributed by atoms with Crippen LogP contribution in [0, 0.1) is 5.82 Å². The fraction of sp³-hybridized carbons (Fsp3) is 0. The molecule has 108 valence electrons. The van der Waals surface area contributed by atoms with Crippen molar-refractivity contribution >= 4 is 34.9 Å². The van der Waals surface area contributed by atoms with Crippen LogP contribution < -0.4 is 11.1 Å². The van der Waals surface area contributed by atoms with Crippen LogP contribution in [0.4, 0.5) is 15.8 Å². The molecule has 0 atom stereocenters. The Balaban J connectivity index is 2.23. The number of carboxylic acids is 1. The zero-order valence-corrected chi connectivity index (χ0v) is 11.3. The van der Waals surface area contributed by atoms with E-state index in [9.17, 15) is 14.0 Å². The van der Waals surface area contributed by atoms with Crippen molar-refractivity contribution in [2.45, 2.75) is 0 Å². The number of nitrogens with one attached hydrogen (secondary N) is 1. The van der Waals surface area contributed by atoms with Gasteiger partial charge in [-0.3, -0.25) is 4.79 Å². The maximum atomic E-state index is 13.0. The number of anilines is 2. The largest absolute Gasteiger partial charge is 0.478 e. The number of rotatable bonds is 3. The summed E-state index contributed by atoms with van der Waals surface area (Å²) in [6, 6.07) is 7.46. The standard InChI is InChI=1S/C14H10ClFN2O3/c15-9-5-7(1-3-10(9)16)13(19)18-12-4-2-8(14(20)21)6-11(12)17/h1-6H,17H2,(H,18,19)(H,20,21). The highest BCUT2D eigenvalue weighted by atomic mass is 35.5. The second-order valence-electron chi connectivity index (χ2n) is 4.19. The monoisotopic (exact) mass is 308 g/mol. The number of hydrogen-bond donors (Lipinski definition) is 3. The van der Waals surface area contributed by atoms with Crippen molar-refractivity contribution in [1.29, 1.82) is 0 Å². The highest BCUT2D eigenvalue weighted by Crippen LogP contribution is 2.22. The summed E-state index contributed by atoms with van der Waals surface area (Å²) in [5.74, 6) is -2.28. The molecule has 21 heavy (non-hydrogen) atoms. The lowest BCUT2D eigenvalue weighted by Gasteiger charge is -2.09. The van der Waals surface area contributed by atoms with Gasteiger partial charge in [-0.15, -0.1) is 0 Å². The first-order valence-corrected chi connectivity index (χ1v) is 6.15. The van der Waals surface area contributed by atoms with E-state index in [1.807, 2.05) is 0 Å². The molecule has 0 unspecified atom stereocenters. The Morgan fingerprint density at radius 3 is 2.38 bits per heavy atom. The van der Waals surface area contributed by atoms with E-state index in [4.69, 9.17) is 22.4 Å². The molecule has 4 N–H and O–H groups in total. The summed E-state index contributed by atoms with van der Waals surface area (Å²) in [5.41, 5.74) is 6.20. The fourth-order valence-electron chi connectivity index (χ4n) is 1.64. The van der Waals surface area contributed by atoms with Crippen LogP contribution in [0.2, 0.25) is 5.02 Å². The third-order valence-corrected chi connectivity index (χ3v) is 3.02. The Morgan fingerprint density at radius 2 is 1.81 bits per heavy atom. The lowest BCUT2D eigenvalue weighted by Crippen LogP contribution is -2.13. The number of amides is 1. The van der Waals surface area contributed by atoms with Gasteiger partial charge in [-0.2, -0.15) is 0 Å². The first-order chi connectivity index (χ1) is 9.88. The third-order valence-electron chi connectivity index (χ3n) is 2.73. The Kier molecular flexibility index (Phi) is 4.09. The van der Waals surface area contributed by atoms with Gasteiger partial charge in [0.2, 0.25) is 0 Å². The SMILES string of the molecule is Nc1cc(C(=O)O)ccc1NC(=O)c1ccc(F)c(Cl)c1. The van der Waals surface area contributed by atoms with Crippen molar-refractivity contribution < 1.29 is 19.1 Å². The van der Waals surface area contributed by atoms with Crippen molar-refractivity contribution in [1.82, 2.24) is 0 Å². The molecule has 0 saturated heterocycles. The second kappa shape index (κ2) is 5.80. The van der Waals surface area contributed by atoms with Gasteiger partial charge in [0.15, 0.2) is 0 Å². The first kappa shape index (κ1) is 14.8. The van der Waals surface area contributed by atoms with Crippen LogP contribution in [0.3, 0.4) is 0 Å². The van der Waals surface area contributed by atoms with E-state index in [1.54, 1.807) is 0 Å². The Hall–Kier alpha value is -2.60. The molecule has 0 aliphatic heterocycles. The van der Waals surface area contributed by atoms with E-state index in [-0.39, 0.29) is 27.5 Å². The van der Waals surface area contributed by atoms with Gasteiger partial charge >= 0.3 is 5.97 Å². The number of nitrogen functional groups attached to an aromatic ring is 1. The molecule has 0 aliphatic carbocycles. The zero-order valence-electron chi connectivity index (χ0n) is 10.6. The topological polar surface area (TPSA) is 92.4 Å². The Morgan fingerprint density at radius 1 is 1.14 bits per heavy atom. The quantitative estimate of drug-likeness (QED) is 0.760. The van der Waals surface area contributed by atoms with Crippen molar-refractivity contribution in [2.24, 2.45) is 0 Å². The summed E-state index contributed by atoms with van der Waals surface area (Å²) in [6.45, 7) is 0. The normalized spacial score (nSPS) is 10.2. The first-order valence-electron chi connectivity index (χ1n) is 5.77. The van der Waals surface area contributed by atoms with E-state index in [2.05, 4.69) is 5.32 Å². The molecular formula is C14H10ClFN2O3. The van der Waals surface area contributed by atoms with Gasteiger partial charge in [-0.25, -0.2) is 9.18 Å². The van der Waals surface area contributed by atoms with E-state index in [0.717, 1.165) is 6.07 Å². The van der Waals surface area contributed by atoms with E-state index in [1.165, 1.54) is 30.3 Å². The van der Waals surface area contributed by atoms with Crippen LogP contribution in [0.15, 0.2) is 36.4 Å². The Bertz CT molecular complexity index is 734. The van der Waals surface area contributed by atoms with Crippen LogP contribution in [0.5, 0.6) is 0 Å². The van der Waals surface area contributed by atoms with Gasteiger partial charge in [0.05, 0.1) is 22.0 Å². The van der Waals surface area contributed by atoms with Crippen LogP contribution >= 0.6 is 11.6 Å². The van der Waals surface area contributed by atoms with Crippen molar-refractivity contribution in [3.8, 4) is 0 Å². The number of aromatic carboxylic acids is 1. The molecule has 0 radical (unpaired) electrons. The van der Waals surface area contributed by atoms with E-state index >= 15 is 0 Å². The van der Waals surface area contributed by atoms with Crippen LogP contribution in [0.1, 0.15) is 20.7 Å². The Labute approximate surface area is 124 Å². The second-order valence-corrected chi connectivity index (χ2v) is 4.60. The molecular weight excluding hydrogens is 299 g/mol. The predicted octanol–water partition coefficient (Wildman–Crippen LogP) is 3.01. The minimum Gasteiger partial charge on any atom is -0.478 e. The lowest BCUT2D eigenvalue weighted by atomic mass is 10.1. The molecule has 1 amide bonds. The number of carboxylic acid groups (broad SMARTS) is 1. The summed E-state index contributed by atoms with van der Waals surface area (Å²) in [5, 5.41) is 11.2. The minimum absolute atomic E-state index is 0.00956. The molecule has 0 heterocycles. The number of carbonyl (C=O) groups is 2. The maximum Gasteiger partial charge on any atom is 0.335 e. The average molecular weight is 309 g/mol. The van der Waals surface area contributed by atoms with Crippen LogP contribution in [0.25, 0.3) is 0 Å². The van der Waals surface area contributed by atoms with Gasteiger partial charge in [0.1, 0.15) is 5.82 Å². The number of carbonyl (C=O) groups excluding carboxylic acids is 1. The highest BCUT2D eigenvalue weighted by Gasteiger charge is 2.12. The van der Waals surface area contributed by atoms with Crippen molar-refractivity contribution in [2.75, 3.05) is 11.1 Å². The number of nitrogens with two attached hydrogens (primary N) is 1. The smallest absolute Gasteiger partial charge is 0.335 e. The number of hydrogen-bond acceptors (Lipinski definition) is 3. The van der Waals surface area contributed by atoms with Crippen LogP contribution in [-0.2, 0) is 0 Å². The average Bonchev–Trinajstić information content (AvgIpc) is 2.43. The molecule has 0 bridgehead atoms. The molecule has 2 aromatic carbocycles. The predicted molar refractivity (Wildman–Crippen MR) is 77.2 cm³/mol. The van der Waals surface area contributed by atoms with Gasteiger partial charge in [0.25, 0.3) is 5.91 Å². The van der Waals surface area contributed by atoms with Crippen LogP contribution in [-0.4, -0.2) is 17.0 Å². The van der Waals surface area contributed by atoms with Gasteiger partial charge in [0, 0.05) is 5.56 Å². The fourth-order valence-corrected chi connectivity index (χ4v) is 1.82. The molecule has 0 aromatic heterocycles. The van der Waals surface area contributed by atoms with Gasteiger partial charge in [-0.1, -0.05) is 11.6 Å². The van der Waals surface area contributed by atoms with Gasteiger partial charge in [-0.05, 0) is 36.4 Å². The van der Waals surface area contributed by atoms with E-state index in [0.29, 0.717) is 0 Å².